The highest BCUT2D eigenvalue weighted by Crippen LogP contribution is 2.36. The molecule has 0 bridgehead atoms. The highest BCUT2D eigenvalue weighted by Gasteiger charge is 2.32. The van der Waals surface area contributed by atoms with Crippen molar-refractivity contribution >= 4 is 35.2 Å². The van der Waals surface area contributed by atoms with Gasteiger partial charge in [0, 0.05) is 37.1 Å². The summed E-state index contributed by atoms with van der Waals surface area (Å²) in [7, 11) is 0. The van der Waals surface area contributed by atoms with Gasteiger partial charge < -0.3 is 9.80 Å². The number of nitrogens with zero attached hydrogens (tertiary/aromatic N) is 2. The third kappa shape index (κ3) is 5.01. The third-order valence-corrected chi connectivity index (χ3v) is 7.59. The molecule has 0 spiro atoms. The minimum absolute atomic E-state index is 0.0777. The number of hydrogen-bond donors (Lipinski definition) is 0. The van der Waals surface area contributed by atoms with Gasteiger partial charge in [-0.3, -0.25) is 9.59 Å². The first-order chi connectivity index (χ1) is 14.6. The van der Waals surface area contributed by atoms with Crippen LogP contribution in [0, 0.1) is 5.92 Å². The quantitative estimate of drug-likeness (QED) is 0.654. The maximum Gasteiger partial charge on any atom is 0.232 e. The maximum absolute atomic E-state index is 12.9. The van der Waals surface area contributed by atoms with Crippen molar-refractivity contribution in [3.05, 3.63) is 70.7 Å². The smallest absolute Gasteiger partial charge is 0.232 e. The first-order valence-electron chi connectivity index (χ1n) is 10.6. The zero-order valence-corrected chi connectivity index (χ0v) is 18.6. The van der Waals surface area contributed by atoms with Crippen LogP contribution in [0.1, 0.15) is 35.6 Å². The summed E-state index contributed by atoms with van der Waals surface area (Å²) in [6.45, 7) is 2.58. The summed E-state index contributed by atoms with van der Waals surface area (Å²) in [6.07, 6.45) is 3.22. The predicted octanol–water partition coefficient (Wildman–Crippen LogP) is 4.63. The van der Waals surface area contributed by atoms with E-state index in [2.05, 4.69) is 12.1 Å². The van der Waals surface area contributed by atoms with Crippen LogP contribution in [0.3, 0.4) is 0 Å². The molecule has 0 N–H and O–H groups in total. The fourth-order valence-electron chi connectivity index (χ4n) is 3.99. The van der Waals surface area contributed by atoms with Crippen LogP contribution in [0.4, 0.5) is 0 Å². The summed E-state index contributed by atoms with van der Waals surface area (Å²) < 4.78 is 0. The standard InChI is InChI=1S/C24H27ClN2O2S/c25-21-11-9-19(10-12-21)23(18-5-2-1-3-6-18)30-17-22(28)26-13-15-27(16-14-26)24(29)20-7-4-8-20/h1-3,5-6,9-12,20,23H,4,7-8,13-17H2. The van der Waals surface area contributed by atoms with Gasteiger partial charge in [-0.1, -0.05) is 60.5 Å². The molecule has 4 rings (SSSR count). The number of amides is 2. The maximum atomic E-state index is 12.9. The number of carbonyl (C=O) groups excluding carboxylic acids is 2. The van der Waals surface area contributed by atoms with Gasteiger partial charge in [0.1, 0.15) is 0 Å². The van der Waals surface area contributed by atoms with Crippen LogP contribution in [-0.2, 0) is 9.59 Å². The molecule has 30 heavy (non-hydrogen) atoms. The van der Waals surface area contributed by atoms with Gasteiger partial charge in [0.2, 0.25) is 11.8 Å². The van der Waals surface area contributed by atoms with Gasteiger partial charge in [-0.2, -0.15) is 0 Å². The Morgan fingerprint density at radius 3 is 2.10 bits per heavy atom. The molecule has 0 radical (unpaired) electrons. The second-order valence-electron chi connectivity index (χ2n) is 7.99. The minimum Gasteiger partial charge on any atom is -0.339 e. The number of hydrogen-bond acceptors (Lipinski definition) is 3. The second-order valence-corrected chi connectivity index (χ2v) is 9.52. The topological polar surface area (TPSA) is 40.6 Å². The number of carbonyl (C=O) groups is 2. The van der Waals surface area contributed by atoms with E-state index in [1.807, 2.05) is 52.3 Å². The lowest BCUT2D eigenvalue weighted by Gasteiger charge is -2.38. The van der Waals surface area contributed by atoms with Crippen molar-refractivity contribution in [3.63, 3.8) is 0 Å². The highest BCUT2D eigenvalue weighted by atomic mass is 35.5. The van der Waals surface area contributed by atoms with Gasteiger partial charge in [-0.05, 0) is 36.1 Å². The summed E-state index contributed by atoms with van der Waals surface area (Å²) in [5, 5.41) is 0.787. The van der Waals surface area contributed by atoms with E-state index in [0.717, 1.165) is 18.4 Å². The summed E-state index contributed by atoms with van der Waals surface area (Å²) in [6, 6.07) is 18.1. The van der Waals surface area contributed by atoms with E-state index in [1.54, 1.807) is 11.8 Å². The molecule has 1 saturated carbocycles. The first-order valence-corrected chi connectivity index (χ1v) is 12.0. The monoisotopic (exact) mass is 442 g/mol. The summed E-state index contributed by atoms with van der Waals surface area (Å²) >= 11 is 7.71. The number of benzene rings is 2. The first kappa shape index (κ1) is 21.3. The van der Waals surface area contributed by atoms with Crippen LogP contribution in [-0.4, -0.2) is 53.5 Å². The van der Waals surface area contributed by atoms with Gasteiger partial charge in [-0.15, -0.1) is 11.8 Å². The van der Waals surface area contributed by atoms with Crippen molar-refractivity contribution in [1.29, 1.82) is 0 Å². The summed E-state index contributed by atoms with van der Waals surface area (Å²) in [4.78, 5) is 29.1. The van der Waals surface area contributed by atoms with E-state index in [9.17, 15) is 9.59 Å². The van der Waals surface area contributed by atoms with Crippen LogP contribution in [0.25, 0.3) is 0 Å². The molecule has 1 aliphatic carbocycles. The van der Waals surface area contributed by atoms with Gasteiger partial charge >= 0.3 is 0 Å². The Balaban J connectivity index is 1.35. The van der Waals surface area contributed by atoms with Crippen LogP contribution in [0.2, 0.25) is 5.02 Å². The van der Waals surface area contributed by atoms with Crippen molar-refractivity contribution in [3.8, 4) is 0 Å². The van der Waals surface area contributed by atoms with Crippen LogP contribution >= 0.6 is 23.4 Å². The zero-order chi connectivity index (χ0) is 20.9. The van der Waals surface area contributed by atoms with Gasteiger partial charge in [-0.25, -0.2) is 0 Å². The van der Waals surface area contributed by atoms with Crippen LogP contribution in [0.5, 0.6) is 0 Å². The van der Waals surface area contributed by atoms with Crippen molar-refractivity contribution in [2.75, 3.05) is 31.9 Å². The Morgan fingerprint density at radius 1 is 0.900 bits per heavy atom. The molecule has 2 aromatic carbocycles. The Morgan fingerprint density at radius 2 is 1.50 bits per heavy atom. The summed E-state index contributed by atoms with van der Waals surface area (Å²) in [5.74, 6) is 1.08. The number of piperazine rings is 1. The third-order valence-electron chi connectivity index (χ3n) is 6.05. The SMILES string of the molecule is O=C(CSC(c1ccccc1)c1ccc(Cl)cc1)N1CCN(C(=O)C2CCC2)CC1. The molecular formula is C24H27ClN2O2S. The van der Waals surface area contributed by atoms with Crippen molar-refractivity contribution in [2.45, 2.75) is 24.5 Å². The average molecular weight is 443 g/mol. The molecule has 2 amide bonds. The van der Waals surface area contributed by atoms with Gasteiger partial charge in [0.25, 0.3) is 0 Å². The molecule has 6 heteroatoms. The predicted molar refractivity (Wildman–Crippen MR) is 123 cm³/mol. The molecule has 1 saturated heterocycles. The minimum atomic E-state index is 0.0777. The molecule has 1 unspecified atom stereocenters. The summed E-state index contributed by atoms with van der Waals surface area (Å²) in [5.41, 5.74) is 2.31. The molecule has 2 aliphatic rings. The lowest BCUT2D eigenvalue weighted by molar-refractivity contribution is -0.143. The van der Waals surface area contributed by atoms with E-state index in [0.29, 0.717) is 37.0 Å². The molecule has 1 aliphatic heterocycles. The molecule has 158 valence electrons. The molecule has 1 atom stereocenters. The van der Waals surface area contributed by atoms with E-state index in [-0.39, 0.29) is 23.0 Å². The number of halogens is 1. The molecular weight excluding hydrogens is 416 g/mol. The normalized spacial score (nSPS) is 18.0. The molecule has 2 aromatic rings. The van der Waals surface area contributed by atoms with E-state index < -0.39 is 0 Å². The van der Waals surface area contributed by atoms with E-state index in [1.165, 1.54) is 12.0 Å². The second kappa shape index (κ2) is 9.88. The fourth-order valence-corrected chi connectivity index (χ4v) is 5.30. The average Bonchev–Trinajstić information content (AvgIpc) is 2.74. The van der Waals surface area contributed by atoms with Crippen molar-refractivity contribution in [2.24, 2.45) is 5.92 Å². The molecule has 4 nitrogen and oxygen atoms in total. The van der Waals surface area contributed by atoms with Crippen molar-refractivity contribution < 1.29 is 9.59 Å². The molecule has 1 heterocycles. The zero-order valence-electron chi connectivity index (χ0n) is 17.0. The van der Waals surface area contributed by atoms with E-state index in [4.69, 9.17) is 11.6 Å². The van der Waals surface area contributed by atoms with Gasteiger partial charge in [0.15, 0.2) is 0 Å². The van der Waals surface area contributed by atoms with E-state index >= 15 is 0 Å². The Labute approximate surface area is 187 Å². The number of rotatable bonds is 6. The molecule has 2 fully saturated rings. The highest BCUT2D eigenvalue weighted by molar-refractivity contribution is 8.00. The Hall–Kier alpha value is -1.98. The Bertz CT molecular complexity index is 863. The molecule has 0 aromatic heterocycles. The fraction of sp³-hybridized carbons (Fsp3) is 0.417. The Kier molecular flexibility index (Phi) is 7.00. The van der Waals surface area contributed by atoms with Crippen LogP contribution in [0.15, 0.2) is 54.6 Å². The van der Waals surface area contributed by atoms with Crippen molar-refractivity contribution in [1.82, 2.24) is 9.80 Å². The lowest BCUT2D eigenvalue weighted by Crippen LogP contribution is -2.53. The van der Waals surface area contributed by atoms with Crippen LogP contribution < -0.4 is 0 Å². The number of thioether (sulfide) groups is 1. The largest absolute Gasteiger partial charge is 0.339 e. The lowest BCUT2D eigenvalue weighted by atomic mass is 9.84. The van der Waals surface area contributed by atoms with Gasteiger partial charge in [0.05, 0.1) is 11.0 Å².